The van der Waals surface area contributed by atoms with Crippen LogP contribution < -0.4 is 4.90 Å². The van der Waals surface area contributed by atoms with Crippen LogP contribution in [0.25, 0.3) is 0 Å². The summed E-state index contributed by atoms with van der Waals surface area (Å²) in [4.78, 5) is 9.08. The first-order valence-corrected chi connectivity index (χ1v) is 6.73. The minimum absolute atomic E-state index is 0.411. The first kappa shape index (κ1) is 12.7. The van der Waals surface area contributed by atoms with Crippen LogP contribution in [-0.4, -0.2) is 42.6 Å². The quantitative estimate of drug-likeness (QED) is 0.778. The summed E-state index contributed by atoms with van der Waals surface area (Å²) in [6.45, 7) is 5.42. The Morgan fingerprint density at radius 1 is 1.53 bits per heavy atom. The van der Waals surface area contributed by atoms with Crippen LogP contribution in [0.2, 0.25) is 0 Å². The average Bonchev–Trinajstić information content (AvgIpc) is 2.73. The molecule has 0 aliphatic carbocycles. The maximum atomic E-state index is 5.76. The summed E-state index contributed by atoms with van der Waals surface area (Å²) >= 11 is 5.76. The second-order valence-electron chi connectivity index (χ2n) is 4.63. The van der Waals surface area contributed by atoms with Crippen LogP contribution >= 0.6 is 11.6 Å². The van der Waals surface area contributed by atoms with Crippen LogP contribution in [0, 0.1) is 0 Å². The molecular formula is C12H20ClN3O. The Kier molecular flexibility index (Phi) is 4.29. The number of aromatic nitrogens is 1. The fourth-order valence-electron chi connectivity index (χ4n) is 2.33. The number of anilines is 1. The van der Waals surface area contributed by atoms with E-state index in [2.05, 4.69) is 28.8 Å². The van der Waals surface area contributed by atoms with Crippen molar-refractivity contribution in [1.82, 2.24) is 9.88 Å². The summed E-state index contributed by atoms with van der Waals surface area (Å²) in [5.41, 5.74) is 0.814. The van der Waals surface area contributed by atoms with Crippen LogP contribution in [0.3, 0.4) is 0 Å². The highest BCUT2D eigenvalue weighted by atomic mass is 35.5. The predicted octanol–water partition coefficient (Wildman–Crippen LogP) is 2.33. The monoisotopic (exact) mass is 257 g/mol. The lowest BCUT2D eigenvalue weighted by Crippen LogP contribution is -2.40. The maximum Gasteiger partial charge on any atom is 0.297 e. The molecule has 1 unspecified atom stereocenters. The Bertz CT molecular complexity index is 355. The first-order chi connectivity index (χ1) is 8.24. The molecule has 1 saturated heterocycles. The third-order valence-corrected chi connectivity index (χ3v) is 3.57. The van der Waals surface area contributed by atoms with Crippen LogP contribution in [0.5, 0.6) is 0 Å². The Balaban J connectivity index is 2.15. The van der Waals surface area contributed by atoms with Gasteiger partial charge in [-0.1, -0.05) is 6.92 Å². The van der Waals surface area contributed by atoms with Gasteiger partial charge >= 0.3 is 0 Å². The lowest BCUT2D eigenvalue weighted by atomic mass is 10.2. The fourth-order valence-corrected chi connectivity index (χ4v) is 2.46. The van der Waals surface area contributed by atoms with Crippen molar-refractivity contribution >= 4 is 17.6 Å². The molecule has 0 bridgehead atoms. The molecule has 0 aromatic carbocycles. The molecule has 0 amide bonds. The second kappa shape index (κ2) is 5.74. The lowest BCUT2D eigenvalue weighted by Gasteiger charge is -2.28. The van der Waals surface area contributed by atoms with E-state index >= 15 is 0 Å². The molecule has 1 aliphatic heterocycles. The molecule has 96 valence electrons. The summed E-state index contributed by atoms with van der Waals surface area (Å²) in [5.74, 6) is 0.411. The van der Waals surface area contributed by atoms with Crippen molar-refractivity contribution in [2.75, 3.05) is 31.6 Å². The summed E-state index contributed by atoms with van der Waals surface area (Å²) in [6, 6.07) is 1.20. The van der Waals surface area contributed by atoms with Crippen LogP contribution in [0.1, 0.15) is 25.5 Å². The number of alkyl halides is 1. The summed E-state index contributed by atoms with van der Waals surface area (Å²) in [7, 11) is 2.17. The van der Waals surface area contributed by atoms with Crippen LogP contribution in [-0.2, 0) is 5.88 Å². The highest BCUT2D eigenvalue weighted by Gasteiger charge is 2.25. The van der Waals surface area contributed by atoms with Gasteiger partial charge in [0, 0.05) is 19.1 Å². The van der Waals surface area contributed by atoms with Crippen molar-refractivity contribution in [3.63, 3.8) is 0 Å². The lowest BCUT2D eigenvalue weighted by molar-refractivity contribution is 0.325. The van der Waals surface area contributed by atoms with Gasteiger partial charge in [-0.3, -0.25) is 0 Å². The number of hydrogen-bond donors (Lipinski definition) is 0. The molecule has 1 fully saturated rings. The Morgan fingerprint density at radius 3 is 3.00 bits per heavy atom. The zero-order valence-corrected chi connectivity index (χ0v) is 11.3. The molecule has 0 saturated carbocycles. The van der Waals surface area contributed by atoms with Crippen molar-refractivity contribution in [2.24, 2.45) is 0 Å². The normalized spacial score (nSPS) is 22.8. The van der Waals surface area contributed by atoms with Gasteiger partial charge < -0.3 is 14.2 Å². The topological polar surface area (TPSA) is 32.5 Å². The van der Waals surface area contributed by atoms with E-state index in [0.717, 1.165) is 44.2 Å². The van der Waals surface area contributed by atoms with Gasteiger partial charge in [0.2, 0.25) is 0 Å². The maximum absolute atomic E-state index is 5.76. The number of rotatable bonds is 3. The van der Waals surface area contributed by atoms with Crippen LogP contribution in [0.15, 0.2) is 10.7 Å². The molecule has 2 heterocycles. The Labute approximate surface area is 108 Å². The number of nitrogens with zero attached hydrogens (tertiary/aromatic N) is 3. The zero-order valence-electron chi connectivity index (χ0n) is 10.5. The predicted molar refractivity (Wildman–Crippen MR) is 69.6 cm³/mol. The third kappa shape index (κ3) is 2.93. The fraction of sp³-hybridized carbons (Fsp3) is 0.750. The highest BCUT2D eigenvalue weighted by Crippen LogP contribution is 2.21. The summed E-state index contributed by atoms with van der Waals surface area (Å²) in [5, 5.41) is 0. The molecule has 5 heteroatoms. The molecule has 17 heavy (non-hydrogen) atoms. The van der Waals surface area contributed by atoms with Gasteiger partial charge in [0.1, 0.15) is 6.26 Å². The van der Waals surface area contributed by atoms with E-state index in [0.29, 0.717) is 11.9 Å². The Morgan fingerprint density at radius 2 is 2.35 bits per heavy atom. The van der Waals surface area contributed by atoms with E-state index in [1.54, 1.807) is 6.26 Å². The van der Waals surface area contributed by atoms with Crippen molar-refractivity contribution in [2.45, 2.75) is 31.7 Å². The van der Waals surface area contributed by atoms with Gasteiger partial charge in [-0.2, -0.15) is 4.98 Å². The summed E-state index contributed by atoms with van der Waals surface area (Å²) < 4.78 is 5.53. The molecule has 1 aromatic heterocycles. The number of likely N-dealkylation sites (N-methyl/N-ethyl adjacent to an activating group) is 1. The molecule has 0 radical (unpaired) electrons. The number of hydrogen-bond acceptors (Lipinski definition) is 4. The van der Waals surface area contributed by atoms with E-state index < -0.39 is 0 Å². The minimum atomic E-state index is 0.411. The minimum Gasteiger partial charge on any atom is -0.432 e. The van der Waals surface area contributed by atoms with Gasteiger partial charge in [-0.15, -0.1) is 11.6 Å². The molecule has 0 spiro atoms. The Hall–Kier alpha value is -0.740. The number of oxazole rings is 1. The van der Waals surface area contributed by atoms with Gasteiger partial charge in [-0.25, -0.2) is 0 Å². The van der Waals surface area contributed by atoms with Crippen molar-refractivity contribution in [3.05, 3.63) is 12.0 Å². The van der Waals surface area contributed by atoms with E-state index in [1.807, 2.05) is 0 Å². The average molecular weight is 258 g/mol. The van der Waals surface area contributed by atoms with Crippen molar-refractivity contribution < 1.29 is 4.42 Å². The van der Waals surface area contributed by atoms with Gasteiger partial charge in [-0.05, 0) is 26.4 Å². The highest BCUT2D eigenvalue weighted by molar-refractivity contribution is 6.16. The molecule has 1 aliphatic rings. The molecule has 2 rings (SSSR count). The van der Waals surface area contributed by atoms with Gasteiger partial charge in [0.05, 0.1) is 11.6 Å². The first-order valence-electron chi connectivity index (χ1n) is 6.20. The van der Waals surface area contributed by atoms with Crippen LogP contribution in [0.4, 0.5) is 6.01 Å². The second-order valence-corrected chi connectivity index (χ2v) is 4.89. The van der Waals surface area contributed by atoms with E-state index in [1.165, 1.54) is 0 Å². The molecular weight excluding hydrogens is 238 g/mol. The summed E-state index contributed by atoms with van der Waals surface area (Å²) in [6.07, 6.45) is 3.90. The van der Waals surface area contributed by atoms with Gasteiger partial charge in [0.15, 0.2) is 0 Å². The molecule has 1 atom stereocenters. The van der Waals surface area contributed by atoms with Gasteiger partial charge in [0.25, 0.3) is 6.01 Å². The zero-order chi connectivity index (χ0) is 12.3. The van der Waals surface area contributed by atoms with E-state index in [-0.39, 0.29) is 0 Å². The van der Waals surface area contributed by atoms with E-state index in [4.69, 9.17) is 16.0 Å². The molecule has 0 N–H and O–H groups in total. The smallest absolute Gasteiger partial charge is 0.297 e. The van der Waals surface area contributed by atoms with Crippen molar-refractivity contribution in [1.29, 1.82) is 0 Å². The third-order valence-electron chi connectivity index (χ3n) is 3.30. The number of halogens is 1. The standard InChI is InChI=1S/C12H20ClN3O/c1-3-11-8-15(2)5-4-6-16(11)12-14-10(7-13)9-17-12/h9,11H,3-8H2,1-2H3. The van der Waals surface area contributed by atoms with E-state index in [9.17, 15) is 0 Å². The van der Waals surface area contributed by atoms with Crippen molar-refractivity contribution in [3.8, 4) is 0 Å². The largest absolute Gasteiger partial charge is 0.432 e. The molecule has 4 nitrogen and oxygen atoms in total. The SMILES string of the molecule is CCC1CN(C)CCCN1c1nc(CCl)co1. The molecule has 1 aromatic rings.